The molecule has 0 radical (unpaired) electrons. The molecule has 1 aliphatic heterocycles. The predicted octanol–water partition coefficient (Wildman–Crippen LogP) is 4.86. The van der Waals surface area contributed by atoms with Crippen molar-refractivity contribution in [3.8, 4) is 11.5 Å². The van der Waals surface area contributed by atoms with Crippen LogP contribution in [0.25, 0.3) is 0 Å². The van der Waals surface area contributed by atoms with Crippen molar-refractivity contribution in [2.75, 3.05) is 13.7 Å². The van der Waals surface area contributed by atoms with E-state index < -0.39 is 11.4 Å². The van der Waals surface area contributed by atoms with E-state index in [-0.39, 0.29) is 11.9 Å². The quantitative estimate of drug-likeness (QED) is 0.692. The van der Waals surface area contributed by atoms with Crippen molar-refractivity contribution in [3.05, 3.63) is 59.4 Å². The molecular formula is C21H23FO4. The summed E-state index contributed by atoms with van der Waals surface area (Å²) >= 11 is 0. The summed E-state index contributed by atoms with van der Waals surface area (Å²) in [4.78, 5) is 11.7. The van der Waals surface area contributed by atoms with Crippen LogP contribution < -0.4 is 4.74 Å². The van der Waals surface area contributed by atoms with Crippen molar-refractivity contribution in [2.24, 2.45) is 0 Å². The topological polar surface area (TPSA) is 44.8 Å². The normalized spacial score (nSPS) is 22.4. The number of ether oxygens (including phenoxy) is 3. The van der Waals surface area contributed by atoms with E-state index in [9.17, 15) is 9.18 Å². The van der Waals surface area contributed by atoms with Crippen LogP contribution in [0.4, 0.5) is 4.39 Å². The molecule has 1 aliphatic rings. The molecule has 0 aromatic heterocycles. The molecule has 0 spiro atoms. The van der Waals surface area contributed by atoms with Gasteiger partial charge in [0.2, 0.25) is 0 Å². The largest absolute Gasteiger partial charge is 0.457 e. The second kappa shape index (κ2) is 7.56. The summed E-state index contributed by atoms with van der Waals surface area (Å²) in [6.45, 7) is 4.31. The molecule has 2 unspecified atom stereocenters. The van der Waals surface area contributed by atoms with Crippen molar-refractivity contribution < 1.29 is 23.4 Å². The minimum absolute atomic E-state index is 0.0712. The number of carbonyl (C=O) groups is 1. The fourth-order valence-electron chi connectivity index (χ4n) is 3.41. The highest BCUT2D eigenvalue weighted by atomic mass is 19.1. The summed E-state index contributed by atoms with van der Waals surface area (Å²) in [5, 5.41) is 0. The van der Waals surface area contributed by atoms with Crippen LogP contribution in [0.2, 0.25) is 0 Å². The molecule has 2 aromatic rings. The van der Waals surface area contributed by atoms with E-state index in [0.29, 0.717) is 42.1 Å². The number of Topliss-reactive ketones (excluding diaryl/α,β-unsaturated/α-hetero) is 1. The van der Waals surface area contributed by atoms with Gasteiger partial charge < -0.3 is 14.2 Å². The maximum absolute atomic E-state index is 14.2. The van der Waals surface area contributed by atoms with Gasteiger partial charge in [-0.1, -0.05) is 6.92 Å². The first-order chi connectivity index (χ1) is 12.5. The highest BCUT2D eigenvalue weighted by Gasteiger charge is 2.44. The lowest BCUT2D eigenvalue weighted by atomic mass is 9.87. The smallest absolute Gasteiger partial charge is 0.162 e. The summed E-state index contributed by atoms with van der Waals surface area (Å²) < 4.78 is 31.4. The standard InChI is InChI=1S/C21H23FO4/c1-4-20(23)15-5-7-18(8-6-15)26-19-12-16(11-17(22)13-19)21(24-3)9-10-25-14(21)2/h5-8,11-14H,4,9-10H2,1-3H3. The third-order valence-electron chi connectivity index (χ3n) is 4.96. The summed E-state index contributed by atoms with van der Waals surface area (Å²) in [7, 11) is 1.61. The summed E-state index contributed by atoms with van der Waals surface area (Å²) in [5.74, 6) is 0.592. The van der Waals surface area contributed by atoms with Gasteiger partial charge in [0.05, 0.1) is 12.7 Å². The zero-order chi connectivity index (χ0) is 18.7. The van der Waals surface area contributed by atoms with E-state index in [1.807, 2.05) is 13.8 Å². The number of methoxy groups -OCH3 is 1. The molecule has 2 aromatic carbocycles. The van der Waals surface area contributed by atoms with Crippen LogP contribution in [0.1, 0.15) is 42.6 Å². The zero-order valence-corrected chi connectivity index (χ0v) is 15.3. The average molecular weight is 358 g/mol. The molecule has 0 amide bonds. The van der Waals surface area contributed by atoms with Gasteiger partial charge in [0.1, 0.15) is 22.9 Å². The molecule has 0 aliphatic carbocycles. The van der Waals surface area contributed by atoms with Crippen LogP contribution >= 0.6 is 0 Å². The maximum Gasteiger partial charge on any atom is 0.162 e. The van der Waals surface area contributed by atoms with Gasteiger partial charge >= 0.3 is 0 Å². The molecule has 3 rings (SSSR count). The fourth-order valence-corrected chi connectivity index (χ4v) is 3.41. The third-order valence-corrected chi connectivity index (χ3v) is 4.96. The monoisotopic (exact) mass is 358 g/mol. The Morgan fingerprint density at radius 1 is 1.23 bits per heavy atom. The van der Waals surface area contributed by atoms with Crippen molar-refractivity contribution in [3.63, 3.8) is 0 Å². The molecule has 26 heavy (non-hydrogen) atoms. The van der Waals surface area contributed by atoms with Gasteiger partial charge in [0, 0.05) is 31.6 Å². The molecule has 0 bridgehead atoms. The number of ketones is 1. The molecule has 0 N–H and O–H groups in total. The Hall–Kier alpha value is -2.24. The van der Waals surface area contributed by atoms with E-state index in [2.05, 4.69) is 0 Å². The van der Waals surface area contributed by atoms with Gasteiger partial charge in [-0.25, -0.2) is 4.39 Å². The number of hydrogen-bond acceptors (Lipinski definition) is 4. The lowest BCUT2D eigenvalue weighted by Gasteiger charge is -2.31. The fraction of sp³-hybridized carbons (Fsp3) is 0.381. The zero-order valence-electron chi connectivity index (χ0n) is 15.3. The molecule has 5 heteroatoms. The molecule has 1 saturated heterocycles. The lowest BCUT2D eigenvalue weighted by Crippen LogP contribution is -2.35. The van der Waals surface area contributed by atoms with Crippen molar-refractivity contribution >= 4 is 5.78 Å². The molecule has 1 heterocycles. The maximum atomic E-state index is 14.2. The number of rotatable bonds is 6. The van der Waals surface area contributed by atoms with Gasteiger partial charge in [-0.05, 0) is 48.9 Å². The summed E-state index contributed by atoms with van der Waals surface area (Å²) in [5.41, 5.74) is 0.644. The second-order valence-corrected chi connectivity index (χ2v) is 6.44. The van der Waals surface area contributed by atoms with Crippen LogP contribution in [0, 0.1) is 5.82 Å². The van der Waals surface area contributed by atoms with Crippen LogP contribution in [-0.4, -0.2) is 25.6 Å². The number of halogens is 1. The lowest BCUT2D eigenvalue weighted by molar-refractivity contribution is -0.0649. The molecule has 4 nitrogen and oxygen atoms in total. The highest BCUT2D eigenvalue weighted by molar-refractivity contribution is 5.95. The van der Waals surface area contributed by atoms with Crippen LogP contribution in [0.15, 0.2) is 42.5 Å². The first-order valence-electron chi connectivity index (χ1n) is 8.77. The van der Waals surface area contributed by atoms with Crippen molar-refractivity contribution in [2.45, 2.75) is 38.4 Å². The Labute approximate surface area is 152 Å². The number of carbonyl (C=O) groups excluding carboxylic acids is 1. The Morgan fingerprint density at radius 3 is 2.54 bits per heavy atom. The van der Waals surface area contributed by atoms with Crippen molar-refractivity contribution in [1.29, 1.82) is 0 Å². The minimum atomic E-state index is -0.683. The van der Waals surface area contributed by atoms with Crippen LogP contribution in [-0.2, 0) is 15.1 Å². The van der Waals surface area contributed by atoms with Crippen LogP contribution in [0.5, 0.6) is 11.5 Å². The van der Waals surface area contributed by atoms with E-state index >= 15 is 0 Å². The predicted molar refractivity (Wildman–Crippen MR) is 96.3 cm³/mol. The van der Waals surface area contributed by atoms with E-state index in [0.717, 1.165) is 0 Å². The molecule has 2 atom stereocenters. The van der Waals surface area contributed by atoms with Gasteiger partial charge in [-0.15, -0.1) is 0 Å². The number of hydrogen-bond donors (Lipinski definition) is 0. The van der Waals surface area contributed by atoms with Gasteiger partial charge in [0.15, 0.2) is 5.78 Å². The Kier molecular flexibility index (Phi) is 5.39. The minimum Gasteiger partial charge on any atom is -0.457 e. The summed E-state index contributed by atoms with van der Waals surface area (Å²) in [6, 6.07) is 11.4. The second-order valence-electron chi connectivity index (χ2n) is 6.44. The van der Waals surface area contributed by atoms with E-state index in [4.69, 9.17) is 14.2 Å². The average Bonchev–Trinajstić information content (AvgIpc) is 3.03. The number of benzene rings is 2. The highest BCUT2D eigenvalue weighted by Crippen LogP contribution is 2.41. The SMILES string of the molecule is CCC(=O)c1ccc(Oc2cc(F)cc(C3(OC)CCOC3C)c2)cc1. The summed E-state index contributed by atoms with van der Waals surface area (Å²) in [6.07, 6.45) is 0.926. The third kappa shape index (κ3) is 3.50. The molecule has 138 valence electrons. The van der Waals surface area contributed by atoms with Crippen molar-refractivity contribution in [1.82, 2.24) is 0 Å². The Balaban J connectivity index is 1.87. The van der Waals surface area contributed by atoms with E-state index in [1.54, 1.807) is 37.4 Å². The van der Waals surface area contributed by atoms with E-state index in [1.165, 1.54) is 12.1 Å². The Morgan fingerprint density at radius 2 is 1.96 bits per heavy atom. The van der Waals surface area contributed by atoms with Gasteiger partial charge in [-0.3, -0.25) is 4.79 Å². The van der Waals surface area contributed by atoms with Crippen LogP contribution in [0.3, 0.4) is 0 Å². The Bertz CT molecular complexity index is 787. The van der Waals surface area contributed by atoms with Gasteiger partial charge in [-0.2, -0.15) is 0 Å². The first kappa shape index (κ1) is 18.5. The first-order valence-corrected chi connectivity index (χ1v) is 8.77. The molecule has 1 fully saturated rings. The van der Waals surface area contributed by atoms with Gasteiger partial charge in [0.25, 0.3) is 0 Å². The molecular weight excluding hydrogens is 335 g/mol. The molecule has 0 saturated carbocycles.